The largest absolute Gasteiger partial charge is 0.444 e. The molecule has 0 aliphatic carbocycles. The quantitative estimate of drug-likeness (QED) is 0.796. The monoisotopic (exact) mass is 284 g/mol. The molecule has 0 atom stereocenters. The van der Waals surface area contributed by atoms with Crippen molar-refractivity contribution >= 4 is 6.09 Å². The van der Waals surface area contributed by atoms with Gasteiger partial charge in [-0.15, -0.1) is 0 Å². The first kappa shape index (κ1) is 15.6. The number of carbonyl (C=O) groups excluding carboxylic acids is 1. The summed E-state index contributed by atoms with van der Waals surface area (Å²) < 4.78 is 11.0. The number of carbonyl (C=O) groups is 1. The first-order valence-electron chi connectivity index (χ1n) is 7.72. The summed E-state index contributed by atoms with van der Waals surface area (Å²) in [5.74, 6) is 0. The Bertz CT molecular complexity index is 327. The number of likely N-dealkylation sites (tertiary alicyclic amines) is 2. The highest BCUT2D eigenvalue weighted by atomic mass is 16.6. The van der Waals surface area contributed by atoms with Crippen molar-refractivity contribution in [3.63, 3.8) is 0 Å². The Kier molecular flexibility index (Phi) is 4.91. The fourth-order valence-electron chi connectivity index (χ4n) is 2.81. The number of rotatable bonds is 3. The molecule has 0 aromatic carbocycles. The molecule has 0 bridgehead atoms. The Hall–Kier alpha value is -0.810. The number of amides is 1. The van der Waals surface area contributed by atoms with Gasteiger partial charge in [0.1, 0.15) is 5.60 Å². The maximum atomic E-state index is 11.9. The van der Waals surface area contributed by atoms with Gasteiger partial charge in [0.25, 0.3) is 0 Å². The maximum absolute atomic E-state index is 11.9. The molecule has 0 unspecified atom stereocenters. The zero-order valence-corrected chi connectivity index (χ0v) is 13.2. The predicted octanol–water partition coefficient (Wildman–Crippen LogP) is 2.11. The first-order valence-corrected chi connectivity index (χ1v) is 7.72. The molecular formula is C15H28N2O3. The Morgan fingerprint density at radius 3 is 2.30 bits per heavy atom. The summed E-state index contributed by atoms with van der Waals surface area (Å²) in [7, 11) is 0. The van der Waals surface area contributed by atoms with Crippen LogP contribution in [-0.2, 0) is 9.47 Å². The van der Waals surface area contributed by atoms with Gasteiger partial charge in [-0.2, -0.15) is 0 Å². The minimum absolute atomic E-state index is 0.182. The fraction of sp³-hybridized carbons (Fsp3) is 0.933. The Morgan fingerprint density at radius 2 is 1.80 bits per heavy atom. The molecule has 2 fully saturated rings. The van der Waals surface area contributed by atoms with E-state index in [0.717, 1.165) is 45.6 Å². The highest BCUT2D eigenvalue weighted by molar-refractivity contribution is 5.69. The van der Waals surface area contributed by atoms with E-state index in [1.165, 1.54) is 0 Å². The summed E-state index contributed by atoms with van der Waals surface area (Å²) in [6.07, 6.45) is 2.46. The number of piperidine rings is 1. The Balaban J connectivity index is 1.68. The van der Waals surface area contributed by atoms with Crippen molar-refractivity contribution < 1.29 is 14.3 Å². The molecule has 116 valence electrons. The van der Waals surface area contributed by atoms with Crippen molar-refractivity contribution in [2.24, 2.45) is 0 Å². The van der Waals surface area contributed by atoms with Gasteiger partial charge < -0.3 is 14.4 Å². The summed E-state index contributed by atoms with van der Waals surface area (Å²) in [5, 5.41) is 0. The molecule has 0 spiro atoms. The van der Waals surface area contributed by atoms with Gasteiger partial charge >= 0.3 is 6.09 Å². The number of hydrogen-bond acceptors (Lipinski definition) is 4. The Labute approximate surface area is 122 Å². The third-order valence-electron chi connectivity index (χ3n) is 3.91. The summed E-state index contributed by atoms with van der Waals surface area (Å²) in [4.78, 5) is 16.2. The van der Waals surface area contributed by atoms with Crippen LogP contribution < -0.4 is 0 Å². The van der Waals surface area contributed by atoms with E-state index in [1.54, 1.807) is 4.90 Å². The van der Waals surface area contributed by atoms with Gasteiger partial charge in [-0.25, -0.2) is 4.79 Å². The fourth-order valence-corrected chi connectivity index (χ4v) is 2.81. The number of hydrogen-bond donors (Lipinski definition) is 0. The van der Waals surface area contributed by atoms with Crippen molar-refractivity contribution in [3.05, 3.63) is 0 Å². The third-order valence-corrected chi connectivity index (χ3v) is 3.91. The predicted molar refractivity (Wildman–Crippen MR) is 77.8 cm³/mol. The van der Waals surface area contributed by atoms with Crippen LogP contribution in [0.5, 0.6) is 0 Å². The second-order valence-corrected chi connectivity index (χ2v) is 6.73. The zero-order valence-electron chi connectivity index (χ0n) is 13.2. The normalized spacial score (nSPS) is 22.7. The van der Waals surface area contributed by atoms with Crippen LogP contribution in [0, 0.1) is 0 Å². The van der Waals surface area contributed by atoms with E-state index in [2.05, 4.69) is 11.8 Å². The zero-order chi connectivity index (χ0) is 14.8. The average Bonchev–Trinajstić information content (AvgIpc) is 2.27. The summed E-state index contributed by atoms with van der Waals surface area (Å²) >= 11 is 0. The van der Waals surface area contributed by atoms with E-state index in [9.17, 15) is 4.79 Å². The maximum Gasteiger partial charge on any atom is 0.410 e. The molecule has 0 saturated carbocycles. The van der Waals surface area contributed by atoms with Gasteiger partial charge in [-0.3, -0.25) is 4.90 Å². The average molecular weight is 284 g/mol. The van der Waals surface area contributed by atoms with Crippen LogP contribution in [0.3, 0.4) is 0 Å². The second kappa shape index (κ2) is 6.31. The van der Waals surface area contributed by atoms with Gasteiger partial charge in [0.2, 0.25) is 0 Å². The van der Waals surface area contributed by atoms with E-state index in [0.29, 0.717) is 12.1 Å². The van der Waals surface area contributed by atoms with Crippen molar-refractivity contribution in [2.45, 2.75) is 58.3 Å². The topological polar surface area (TPSA) is 42.0 Å². The first-order chi connectivity index (χ1) is 9.39. The van der Waals surface area contributed by atoms with Gasteiger partial charge in [-0.05, 0) is 40.5 Å². The molecule has 2 rings (SSSR count). The van der Waals surface area contributed by atoms with E-state index < -0.39 is 5.60 Å². The summed E-state index contributed by atoms with van der Waals surface area (Å²) in [5.41, 5.74) is -0.405. The highest BCUT2D eigenvalue weighted by Crippen LogP contribution is 2.23. The molecular weight excluding hydrogens is 256 g/mol. The van der Waals surface area contributed by atoms with Crippen molar-refractivity contribution in [3.8, 4) is 0 Å². The van der Waals surface area contributed by atoms with Crippen LogP contribution in [0.25, 0.3) is 0 Å². The Morgan fingerprint density at radius 1 is 1.20 bits per heavy atom. The number of ether oxygens (including phenoxy) is 2. The number of nitrogens with zero attached hydrogens (tertiary/aromatic N) is 2. The molecule has 5 heteroatoms. The van der Waals surface area contributed by atoms with Crippen molar-refractivity contribution in [1.29, 1.82) is 0 Å². The van der Waals surface area contributed by atoms with Gasteiger partial charge in [-0.1, -0.05) is 0 Å². The van der Waals surface area contributed by atoms with Crippen LogP contribution >= 0.6 is 0 Å². The molecule has 5 nitrogen and oxygen atoms in total. The lowest BCUT2D eigenvalue weighted by atomic mass is 10.0. The highest BCUT2D eigenvalue weighted by Gasteiger charge is 2.38. The van der Waals surface area contributed by atoms with E-state index in [4.69, 9.17) is 9.47 Å². The minimum atomic E-state index is -0.405. The molecule has 20 heavy (non-hydrogen) atoms. The van der Waals surface area contributed by atoms with Crippen LogP contribution in [0.15, 0.2) is 0 Å². The molecule has 2 saturated heterocycles. The van der Waals surface area contributed by atoms with E-state index in [1.807, 2.05) is 20.8 Å². The van der Waals surface area contributed by atoms with Gasteiger partial charge in [0, 0.05) is 38.8 Å². The lowest BCUT2D eigenvalue weighted by molar-refractivity contribution is -0.0393. The second-order valence-electron chi connectivity index (χ2n) is 6.73. The molecule has 2 aliphatic rings. The third kappa shape index (κ3) is 4.09. The molecule has 2 heterocycles. The van der Waals surface area contributed by atoms with Crippen LogP contribution in [0.2, 0.25) is 0 Å². The standard InChI is InChI=1S/C15H28N2O3/c1-5-19-13-6-8-16(9-7-13)12-10-17(11-12)14(18)20-15(2,3)4/h12-13H,5-11H2,1-4H3. The lowest BCUT2D eigenvalue weighted by Gasteiger charge is -2.47. The van der Waals surface area contributed by atoms with Gasteiger partial charge in [0.05, 0.1) is 6.10 Å². The lowest BCUT2D eigenvalue weighted by Crippen LogP contribution is -2.63. The van der Waals surface area contributed by atoms with E-state index >= 15 is 0 Å². The summed E-state index contributed by atoms with van der Waals surface area (Å²) in [6.45, 7) is 12.3. The molecule has 2 aliphatic heterocycles. The molecule has 1 amide bonds. The molecule has 0 radical (unpaired) electrons. The molecule has 0 aromatic heterocycles. The SMILES string of the molecule is CCOC1CCN(C2CN(C(=O)OC(C)(C)C)C2)CC1. The van der Waals surface area contributed by atoms with Crippen LogP contribution in [0.4, 0.5) is 4.79 Å². The molecule has 0 aromatic rings. The minimum Gasteiger partial charge on any atom is -0.444 e. The van der Waals surface area contributed by atoms with Gasteiger partial charge in [0.15, 0.2) is 0 Å². The van der Waals surface area contributed by atoms with Crippen LogP contribution in [0.1, 0.15) is 40.5 Å². The van der Waals surface area contributed by atoms with Crippen LogP contribution in [-0.4, -0.2) is 66.4 Å². The van der Waals surface area contributed by atoms with Crippen molar-refractivity contribution in [1.82, 2.24) is 9.80 Å². The molecule has 0 N–H and O–H groups in total. The smallest absolute Gasteiger partial charge is 0.410 e. The van der Waals surface area contributed by atoms with E-state index in [-0.39, 0.29) is 6.09 Å². The van der Waals surface area contributed by atoms with Crippen molar-refractivity contribution in [2.75, 3.05) is 32.8 Å². The summed E-state index contributed by atoms with van der Waals surface area (Å²) in [6, 6.07) is 0.505.